The zero-order chi connectivity index (χ0) is 12.5. The van der Waals surface area contributed by atoms with Crippen molar-refractivity contribution in [1.29, 1.82) is 0 Å². The summed E-state index contributed by atoms with van der Waals surface area (Å²) in [7, 11) is 0. The minimum absolute atomic E-state index is 0. The van der Waals surface area contributed by atoms with Crippen LogP contribution in [0.2, 0.25) is 0 Å². The first kappa shape index (κ1) is 16.0. The van der Waals surface area contributed by atoms with Gasteiger partial charge in [-0.2, -0.15) is 0 Å². The normalized spacial score (nSPS) is 10.5. The molecule has 0 atom stereocenters. The molecule has 0 aliphatic rings. The number of aromatic hydroxyl groups is 1. The van der Waals surface area contributed by atoms with Crippen molar-refractivity contribution in [1.82, 2.24) is 0 Å². The van der Waals surface area contributed by atoms with Crippen molar-refractivity contribution in [3.63, 3.8) is 0 Å². The van der Waals surface area contributed by atoms with Crippen LogP contribution in [0.4, 0.5) is 0 Å². The second kappa shape index (κ2) is 6.06. The first-order chi connectivity index (χ1) is 7.34. The van der Waals surface area contributed by atoms with E-state index in [1.165, 1.54) is 0 Å². The molecule has 0 unspecified atom stereocenters. The van der Waals surface area contributed by atoms with Gasteiger partial charge >= 0.3 is 5.97 Å². The molecular formula is C13H18NiO3. The SMILES string of the molecule is CC(C)c1cc(C(=O)O)c(O)c(C(C)C)c1.[Ni]. The molecule has 0 amide bonds. The third kappa shape index (κ3) is 3.47. The molecule has 1 aromatic carbocycles. The summed E-state index contributed by atoms with van der Waals surface area (Å²) in [5.41, 5.74) is 1.64. The fourth-order valence-corrected chi connectivity index (χ4v) is 1.62. The van der Waals surface area contributed by atoms with Crippen LogP contribution in [-0.2, 0) is 16.5 Å². The molecule has 0 aliphatic heterocycles. The molecule has 0 spiro atoms. The average molecular weight is 281 g/mol. The number of hydrogen-bond acceptors (Lipinski definition) is 2. The molecule has 98 valence electrons. The molecule has 0 heterocycles. The zero-order valence-electron chi connectivity index (χ0n) is 10.4. The molecule has 0 bridgehead atoms. The summed E-state index contributed by atoms with van der Waals surface area (Å²) < 4.78 is 0. The topological polar surface area (TPSA) is 57.5 Å². The van der Waals surface area contributed by atoms with E-state index in [0.29, 0.717) is 5.56 Å². The molecule has 2 N–H and O–H groups in total. The Labute approximate surface area is 112 Å². The van der Waals surface area contributed by atoms with Crippen molar-refractivity contribution < 1.29 is 31.5 Å². The monoisotopic (exact) mass is 280 g/mol. The van der Waals surface area contributed by atoms with E-state index in [4.69, 9.17) is 5.11 Å². The Bertz CT molecular complexity index is 411. The van der Waals surface area contributed by atoms with Gasteiger partial charge < -0.3 is 10.2 Å². The number of carboxylic acid groups (broad SMARTS) is 1. The average Bonchev–Trinajstić information content (AvgIpc) is 2.16. The number of hydrogen-bond donors (Lipinski definition) is 2. The third-order valence-corrected chi connectivity index (χ3v) is 2.68. The summed E-state index contributed by atoms with van der Waals surface area (Å²) in [4.78, 5) is 11.0. The molecule has 17 heavy (non-hydrogen) atoms. The fourth-order valence-electron chi connectivity index (χ4n) is 1.62. The Morgan fingerprint density at radius 1 is 1.12 bits per heavy atom. The predicted molar refractivity (Wildman–Crippen MR) is 63.2 cm³/mol. The summed E-state index contributed by atoms with van der Waals surface area (Å²) in [5, 5.41) is 18.9. The molecule has 0 radical (unpaired) electrons. The van der Waals surface area contributed by atoms with Crippen LogP contribution < -0.4 is 0 Å². The number of carboxylic acids is 1. The molecule has 1 aromatic rings. The van der Waals surface area contributed by atoms with E-state index in [-0.39, 0.29) is 39.6 Å². The largest absolute Gasteiger partial charge is 0.507 e. The van der Waals surface area contributed by atoms with Crippen LogP contribution in [0.25, 0.3) is 0 Å². The Balaban J connectivity index is 0.00000256. The van der Waals surface area contributed by atoms with Crippen molar-refractivity contribution in [2.24, 2.45) is 0 Å². The van der Waals surface area contributed by atoms with E-state index >= 15 is 0 Å². The molecule has 0 saturated carbocycles. The molecular weight excluding hydrogens is 263 g/mol. The van der Waals surface area contributed by atoms with E-state index in [2.05, 4.69) is 0 Å². The Morgan fingerprint density at radius 2 is 1.65 bits per heavy atom. The van der Waals surface area contributed by atoms with Gasteiger partial charge in [0.1, 0.15) is 11.3 Å². The van der Waals surface area contributed by atoms with Gasteiger partial charge in [-0.3, -0.25) is 0 Å². The van der Waals surface area contributed by atoms with Gasteiger partial charge in [0.25, 0.3) is 0 Å². The standard InChI is InChI=1S/C13H18O3.Ni/c1-7(2)9-5-10(8(3)4)12(14)11(6-9)13(15)16;/h5-8,14H,1-4H3,(H,15,16);. The number of benzene rings is 1. The van der Waals surface area contributed by atoms with Gasteiger partial charge in [0.15, 0.2) is 0 Å². The zero-order valence-corrected chi connectivity index (χ0v) is 11.4. The fraction of sp³-hybridized carbons (Fsp3) is 0.462. The maximum atomic E-state index is 11.0. The van der Waals surface area contributed by atoms with Crippen LogP contribution in [0, 0.1) is 0 Å². The molecule has 0 aromatic heterocycles. The van der Waals surface area contributed by atoms with Crippen molar-refractivity contribution in [2.75, 3.05) is 0 Å². The van der Waals surface area contributed by atoms with Crippen molar-refractivity contribution in [3.8, 4) is 5.75 Å². The van der Waals surface area contributed by atoms with Gasteiger partial charge in [0, 0.05) is 16.5 Å². The number of rotatable bonds is 3. The maximum Gasteiger partial charge on any atom is 0.339 e. The Hall–Kier alpha value is -1.02. The molecule has 3 nitrogen and oxygen atoms in total. The summed E-state index contributed by atoms with van der Waals surface area (Å²) in [6, 6.07) is 3.44. The van der Waals surface area contributed by atoms with Crippen LogP contribution >= 0.6 is 0 Å². The van der Waals surface area contributed by atoms with Crippen LogP contribution in [0.1, 0.15) is 61.0 Å². The first-order valence-corrected chi connectivity index (χ1v) is 5.44. The van der Waals surface area contributed by atoms with E-state index in [1.54, 1.807) is 6.07 Å². The van der Waals surface area contributed by atoms with E-state index in [1.807, 2.05) is 33.8 Å². The van der Waals surface area contributed by atoms with Crippen LogP contribution in [0.15, 0.2) is 12.1 Å². The quantitative estimate of drug-likeness (QED) is 0.835. The van der Waals surface area contributed by atoms with Gasteiger partial charge in [-0.05, 0) is 29.0 Å². The maximum absolute atomic E-state index is 11.0. The van der Waals surface area contributed by atoms with Crippen molar-refractivity contribution in [3.05, 3.63) is 28.8 Å². The second-order valence-electron chi connectivity index (χ2n) is 4.62. The van der Waals surface area contributed by atoms with Crippen molar-refractivity contribution in [2.45, 2.75) is 39.5 Å². The summed E-state index contributed by atoms with van der Waals surface area (Å²) in [6.45, 7) is 7.87. The summed E-state index contributed by atoms with van der Waals surface area (Å²) in [5.74, 6) is -0.832. The molecule has 4 heteroatoms. The number of phenols is 1. The van der Waals surface area contributed by atoms with Crippen LogP contribution in [0.3, 0.4) is 0 Å². The molecule has 0 fully saturated rings. The summed E-state index contributed by atoms with van der Waals surface area (Å²) in [6.07, 6.45) is 0. The minimum atomic E-state index is -1.08. The van der Waals surface area contributed by atoms with Gasteiger partial charge in [-0.1, -0.05) is 33.8 Å². The Morgan fingerprint density at radius 3 is 2.00 bits per heavy atom. The number of aromatic carboxylic acids is 1. The van der Waals surface area contributed by atoms with E-state index in [9.17, 15) is 9.90 Å². The van der Waals surface area contributed by atoms with Gasteiger partial charge in [0.05, 0.1) is 0 Å². The van der Waals surface area contributed by atoms with Crippen LogP contribution in [-0.4, -0.2) is 16.2 Å². The van der Waals surface area contributed by atoms with Gasteiger partial charge in [-0.15, -0.1) is 0 Å². The minimum Gasteiger partial charge on any atom is -0.507 e. The van der Waals surface area contributed by atoms with E-state index in [0.717, 1.165) is 5.56 Å². The Kier molecular flexibility index (Phi) is 5.70. The number of carbonyl (C=O) groups is 1. The van der Waals surface area contributed by atoms with Gasteiger partial charge in [0.2, 0.25) is 0 Å². The first-order valence-electron chi connectivity index (χ1n) is 5.44. The molecule has 0 saturated heterocycles. The van der Waals surface area contributed by atoms with Crippen LogP contribution in [0.5, 0.6) is 5.75 Å². The smallest absolute Gasteiger partial charge is 0.339 e. The predicted octanol–water partition coefficient (Wildman–Crippen LogP) is 3.33. The summed E-state index contributed by atoms with van der Waals surface area (Å²) >= 11 is 0. The molecule has 0 aliphatic carbocycles. The molecule has 1 rings (SSSR count). The van der Waals surface area contributed by atoms with Gasteiger partial charge in [-0.25, -0.2) is 4.79 Å². The third-order valence-electron chi connectivity index (χ3n) is 2.68. The van der Waals surface area contributed by atoms with Crippen molar-refractivity contribution >= 4 is 5.97 Å². The second-order valence-corrected chi connectivity index (χ2v) is 4.62. The van der Waals surface area contributed by atoms with E-state index < -0.39 is 5.97 Å².